The number of hydrogen-bond donors (Lipinski definition) is 1. The van der Waals surface area contributed by atoms with Crippen LogP contribution >= 0.6 is 0 Å². The summed E-state index contributed by atoms with van der Waals surface area (Å²) >= 11 is 0. The predicted molar refractivity (Wildman–Crippen MR) is 51.6 cm³/mol. The number of rotatable bonds is 4. The van der Waals surface area contributed by atoms with Gasteiger partial charge >= 0.3 is 0 Å². The maximum atomic E-state index is 5.26. The van der Waals surface area contributed by atoms with Crippen molar-refractivity contribution >= 4 is 5.69 Å². The average Bonchev–Trinajstić information content (AvgIpc) is 2.17. The minimum absolute atomic E-state index is 0.171. The summed E-state index contributed by atoms with van der Waals surface area (Å²) in [5.41, 5.74) is 0.739. The molecule has 0 aliphatic rings. The Morgan fingerprint density at radius 2 is 2.00 bits per heavy atom. The summed E-state index contributed by atoms with van der Waals surface area (Å²) in [5, 5.41) is 3.19. The van der Waals surface area contributed by atoms with Gasteiger partial charge in [-0.15, -0.1) is 0 Å². The van der Waals surface area contributed by atoms with Crippen molar-refractivity contribution in [2.24, 2.45) is 0 Å². The van der Waals surface area contributed by atoms with Gasteiger partial charge in [-0.05, 0) is 13.8 Å². The Labute approximate surface area is 78.4 Å². The van der Waals surface area contributed by atoms with Gasteiger partial charge in [0.25, 0.3) is 0 Å². The molecule has 72 valence electrons. The highest BCUT2D eigenvalue weighted by Crippen LogP contribution is 2.09. The molecule has 0 saturated carbocycles. The zero-order chi connectivity index (χ0) is 9.73. The summed E-state index contributed by atoms with van der Waals surface area (Å²) < 4.78 is 5.26. The van der Waals surface area contributed by atoms with Crippen LogP contribution in [0.25, 0.3) is 0 Å². The molecule has 0 bridgehead atoms. The molecule has 1 N–H and O–H groups in total. The molecule has 0 aromatic carbocycles. The fraction of sp³-hybridized carbons (Fsp3) is 0.556. The van der Waals surface area contributed by atoms with E-state index in [1.54, 1.807) is 19.5 Å². The summed E-state index contributed by atoms with van der Waals surface area (Å²) in [4.78, 5) is 7.79. The summed E-state index contributed by atoms with van der Waals surface area (Å²) in [6, 6.07) is 0. The van der Waals surface area contributed by atoms with E-state index in [0.717, 1.165) is 12.2 Å². The van der Waals surface area contributed by atoms with Gasteiger partial charge in [0.1, 0.15) is 6.33 Å². The fourth-order valence-electron chi connectivity index (χ4n) is 0.777. The number of anilines is 1. The third-order valence-corrected chi connectivity index (χ3v) is 1.83. The lowest BCUT2D eigenvalue weighted by Crippen LogP contribution is -2.32. The number of nitrogens with zero attached hydrogens (tertiary/aromatic N) is 2. The maximum Gasteiger partial charge on any atom is 0.115 e. The standard InChI is InChI=1S/C9H15N3O/c1-9(2,13-3)6-12-8-4-10-7-11-5-8/h4-5,7,12H,6H2,1-3H3. The largest absolute Gasteiger partial charge is 0.380 e. The molecule has 0 spiro atoms. The molecule has 1 aromatic rings. The Morgan fingerprint density at radius 1 is 1.38 bits per heavy atom. The minimum atomic E-state index is -0.171. The number of nitrogens with one attached hydrogen (secondary N) is 1. The quantitative estimate of drug-likeness (QED) is 0.760. The molecule has 0 fully saturated rings. The monoisotopic (exact) mass is 181 g/mol. The molecule has 1 heterocycles. The van der Waals surface area contributed by atoms with E-state index in [-0.39, 0.29) is 5.60 Å². The Bertz CT molecular complexity index is 248. The van der Waals surface area contributed by atoms with Crippen molar-refractivity contribution in [3.05, 3.63) is 18.7 Å². The molecule has 1 rings (SSSR count). The number of ether oxygens (including phenoxy) is 1. The zero-order valence-corrected chi connectivity index (χ0v) is 8.24. The van der Waals surface area contributed by atoms with Crippen LogP contribution in [0.15, 0.2) is 18.7 Å². The van der Waals surface area contributed by atoms with E-state index in [4.69, 9.17) is 4.74 Å². The van der Waals surface area contributed by atoms with Gasteiger partial charge in [-0.25, -0.2) is 9.97 Å². The average molecular weight is 181 g/mol. The van der Waals surface area contributed by atoms with Gasteiger partial charge < -0.3 is 10.1 Å². The first kappa shape index (κ1) is 9.92. The molecule has 0 unspecified atom stereocenters. The van der Waals surface area contributed by atoms with Gasteiger partial charge in [0, 0.05) is 13.7 Å². The lowest BCUT2D eigenvalue weighted by atomic mass is 10.1. The van der Waals surface area contributed by atoms with Gasteiger partial charge in [-0.1, -0.05) is 0 Å². The van der Waals surface area contributed by atoms with Crippen LogP contribution in [0.3, 0.4) is 0 Å². The molecular formula is C9H15N3O. The molecule has 13 heavy (non-hydrogen) atoms. The summed E-state index contributed by atoms with van der Waals surface area (Å²) in [6.45, 7) is 4.77. The Kier molecular flexibility index (Phi) is 3.19. The number of hydrogen-bond acceptors (Lipinski definition) is 4. The lowest BCUT2D eigenvalue weighted by Gasteiger charge is -2.23. The van der Waals surface area contributed by atoms with E-state index < -0.39 is 0 Å². The van der Waals surface area contributed by atoms with Crippen LogP contribution in [0, 0.1) is 0 Å². The molecule has 1 aromatic heterocycles. The van der Waals surface area contributed by atoms with Crippen molar-refractivity contribution in [1.82, 2.24) is 9.97 Å². The summed E-state index contributed by atoms with van der Waals surface area (Å²) in [6.07, 6.45) is 4.98. The van der Waals surface area contributed by atoms with Crippen molar-refractivity contribution in [2.75, 3.05) is 19.0 Å². The molecule has 0 atom stereocenters. The second-order valence-corrected chi connectivity index (χ2v) is 3.44. The van der Waals surface area contributed by atoms with E-state index in [1.165, 1.54) is 6.33 Å². The maximum absolute atomic E-state index is 5.26. The van der Waals surface area contributed by atoms with Gasteiger partial charge in [0.05, 0.1) is 23.7 Å². The number of aromatic nitrogens is 2. The van der Waals surface area contributed by atoms with E-state index in [0.29, 0.717) is 0 Å². The van der Waals surface area contributed by atoms with Gasteiger partial charge in [0.2, 0.25) is 0 Å². The van der Waals surface area contributed by atoms with Crippen molar-refractivity contribution in [3.8, 4) is 0 Å². The van der Waals surface area contributed by atoms with E-state index in [1.807, 2.05) is 13.8 Å². The lowest BCUT2D eigenvalue weighted by molar-refractivity contribution is 0.0344. The van der Waals surface area contributed by atoms with Crippen LogP contribution in [-0.2, 0) is 4.74 Å². The van der Waals surface area contributed by atoms with Crippen LogP contribution in [-0.4, -0.2) is 29.2 Å². The second kappa shape index (κ2) is 4.18. The normalized spacial score (nSPS) is 11.3. The van der Waals surface area contributed by atoms with Crippen molar-refractivity contribution in [1.29, 1.82) is 0 Å². The van der Waals surface area contributed by atoms with Crippen LogP contribution < -0.4 is 5.32 Å². The molecule has 0 aliphatic carbocycles. The molecule has 0 saturated heterocycles. The SMILES string of the molecule is COC(C)(C)CNc1cncnc1. The number of methoxy groups -OCH3 is 1. The Morgan fingerprint density at radius 3 is 2.54 bits per heavy atom. The summed E-state index contributed by atoms with van der Waals surface area (Å²) in [5.74, 6) is 0. The molecule has 0 radical (unpaired) electrons. The fourth-order valence-corrected chi connectivity index (χ4v) is 0.777. The highest BCUT2D eigenvalue weighted by atomic mass is 16.5. The Hall–Kier alpha value is -1.16. The van der Waals surface area contributed by atoms with Crippen molar-refractivity contribution in [3.63, 3.8) is 0 Å². The van der Waals surface area contributed by atoms with Crippen molar-refractivity contribution in [2.45, 2.75) is 19.4 Å². The zero-order valence-electron chi connectivity index (χ0n) is 8.24. The highest BCUT2D eigenvalue weighted by Gasteiger charge is 2.15. The third-order valence-electron chi connectivity index (χ3n) is 1.83. The second-order valence-electron chi connectivity index (χ2n) is 3.44. The van der Waals surface area contributed by atoms with Crippen LogP contribution in [0.5, 0.6) is 0 Å². The highest BCUT2D eigenvalue weighted by molar-refractivity contribution is 5.37. The van der Waals surface area contributed by atoms with Crippen LogP contribution in [0.1, 0.15) is 13.8 Å². The first-order chi connectivity index (χ1) is 6.14. The van der Waals surface area contributed by atoms with Gasteiger partial charge in [-0.3, -0.25) is 0 Å². The Balaban J connectivity index is 2.44. The van der Waals surface area contributed by atoms with E-state index >= 15 is 0 Å². The molecule has 0 amide bonds. The molecule has 0 aliphatic heterocycles. The predicted octanol–water partition coefficient (Wildman–Crippen LogP) is 1.31. The van der Waals surface area contributed by atoms with Crippen LogP contribution in [0.2, 0.25) is 0 Å². The van der Waals surface area contributed by atoms with E-state index in [2.05, 4.69) is 15.3 Å². The molecular weight excluding hydrogens is 166 g/mol. The van der Waals surface area contributed by atoms with Gasteiger partial charge in [-0.2, -0.15) is 0 Å². The molecule has 4 nitrogen and oxygen atoms in total. The first-order valence-electron chi connectivity index (χ1n) is 4.18. The topological polar surface area (TPSA) is 47.0 Å². The van der Waals surface area contributed by atoms with Crippen molar-refractivity contribution < 1.29 is 4.74 Å². The minimum Gasteiger partial charge on any atom is -0.380 e. The smallest absolute Gasteiger partial charge is 0.115 e. The summed E-state index contributed by atoms with van der Waals surface area (Å²) in [7, 11) is 1.70. The first-order valence-corrected chi connectivity index (χ1v) is 4.18. The van der Waals surface area contributed by atoms with E-state index in [9.17, 15) is 0 Å². The third kappa shape index (κ3) is 3.38. The molecule has 4 heteroatoms. The van der Waals surface area contributed by atoms with Gasteiger partial charge in [0.15, 0.2) is 0 Å². The van der Waals surface area contributed by atoms with Crippen LogP contribution in [0.4, 0.5) is 5.69 Å².